The van der Waals surface area contributed by atoms with Crippen molar-refractivity contribution in [1.82, 2.24) is 4.98 Å². The molecule has 0 atom stereocenters. The van der Waals surface area contributed by atoms with Crippen LogP contribution >= 0.6 is 11.3 Å². The normalized spacial score (nSPS) is 14.7. The smallest absolute Gasteiger partial charge is 0.263 e. The minimum absolute atomic E-state index is 0. The number of hydrogen-bond donors (Lipinski definition) is 1. The second-order valence-corrected chi connectivity index (χ2v) is 7.14. The van der Waals surface area contributed by atoms with Crippen LogP contribution in [0.5, 0.6) is 0 Å². The van der Waals surface area contributed by atoms with E-state index in [1.165, 1.54) is 41.8 Å². The summed E-state index contributed by atoms with van der Waals surface area (Å²) in [5.41, 5.74) is 0.376. The molecule has 10 heteroatoms. The molecule has 0 spiro atoms. The van der Waals surface area contributed by atoms with E-state index in [-0.39, 0.29) is 40.2 Å². The molecule has 1 aromatic heterocycles. The van der Waals surface area contributed by atoms with E-state index in [9.17, 15) is 18.0 Å². The SMILES string of the molecule is O.O=C1CCC(=O)N1c1ccc(S(=O)(=O)Nc2nccs2)cc1. The average molecular weight is 355 g/mol. The molecule has 0 unspecified atom stereocenters. The van der Waals surface area contributed by atoms with Gasteiger partial charge in [-0.25, -0.2) is 13.4 Å². The van der Waals surface area contributed by atoms with Crippen LogP contribution in [-0.2, 0) is 19.6 Å². The fraction of sp³-hybridized carbons (Fsp3) is 0.154. The molecule has 1 aliphatic heterocycles. The molecule has 3 rings (SSSR count). The van der Waals surface area contributed by atoms with Gasteiger partial charge in [-0.2, -0.15) is 0 Å². The van der Waals surface area contributed by atoms with Crippen molar-refractivity contribution in [3.8, 4) is 0 Å². The number of nitrogens with zero attached hydrogens (tertiary/aromatic N) is 2. The first-order chi connectivity index (χ1) is 10.5. The Balaban J connectivity index is 0.00000192. The summed E-state index contributed by atoms with van der Waals surface area (Å²) in [6, 6.07) is 5.59. The minimum atomic E-state index is -3.74. The van der Waals surface area contributed by atoms with E-state index >= 15 is 0 Å². The second kappa shape index (κ2) is 6.44. The zero-order valence-corrected chi connectivity index (χ0v) is 13.4. The molecule has 2 aromatic rings. The lowest BCUT2D eigenvalue weighted by Crippen LogP contribution is -2.28. The molecule has 1 aromatic carbocycles. The Morgan fingerprint density at radius 2 is 1.70 bits per heavy atom. The van der Waals surface area contributed by atoms with Crippen LogP contribution in [0.2, 0.25) is 0 Å². The molecule has 2 amide bonds. The molecule has 1 saturated heterocycles. The predicted molar refractivity (Wildman–Crippen MR) is 84.7 cm³/mol. The Hall–Kier alpha value is -2.30. The van der Waals surface area contributed by atoms with Crippen LogP contribution in [0.4, 0.5) is 10.8 Å². The lowest BCUT2D eigenvalue weighted by molar-refractivity contribution is -0.121. The lowest BCUT2D eigenvalue weighted by atomic mass is 10.3. The van der Waals surface area contributed by atoms with Crippen molar-refractivity contribution in [2.45, 2.75) is 17.7 Å². The van der Waals surface area contributed by atoms with Crippen LogP contribution in [0.15, 0.2) is 40.7 Å². The van der Waals surface area contributed by atoms with Crippen LogP contribution in [0.1, 0.15) is 12.8 Å². The number of imide groups is 1. The summed E-state index contributed by atoms with van der Waals surface area (Å²) in [7, 11) is -3.74. The van der Waals surface area contributed by atoms with Gasteiger partial charge in [0.05, 0.1) is 10.6 Å². The van der Waals surface area contributed by atoms with Crippen molar-refractivity contribution >= 4 is 44.0 Å². The van der Waals surface area contributed by atoms with Crippen LogP contribution in [0.25, 0.3) is 0 Å². The van der Waals surface area contributed by atoms with Gasteiger partial charge in [-0.05, 0) is 24.3 Å². The number of hydrogen-bond acceptors (Lipinski definition) is 6. The Labute approximate surface area is 136 Å². The summed E-state index contributed by atoms with van der Waals surface area (Å²) in [5, 5.41) is 1.93. The fourth-order valence-corrected chi connectivity index (χ4v) is 3.88. The summed E-state index contributed by atoms with van der Waals surface area (Å²) in [6.07, 6.45) is 1.87. The summed E-state index contributed by atoms with van der Waals surface area (Å²) >= 11 is 1.17. The summed E-state index contributed by atoms with van der Waals surface area (Å²) in [4.78, 5) is 28.3. The van der Waals surface area contributed by atoms with E-state index in [1.807, 2.05) is 0 Å². The molecule has 122 valence electrons. The van der Waals surface area contributed by atoms with Gasteiger partial charge in [-0.1, -0.05) is 0 Å². The fourth-order valence-electron chi connectivity index (χ4n) is 2.09. The summed E-state index contributed by atoms with van der Waals surface area (Å²) in [5.74, 6) is -0.553. The van der Waals surface area contributed by atoms with Crippen molar-refractivity contribution in [3.05, 3.63) is 35.8 Å². The van der Waals surface area contributed by atoms with Gasteiger partial charge in [0, 0.05) is 24.4 Å². The molecule has 3 N–H and O–H groups in total. The van der Waals surface area contributed by atoms with Crippen molar-refractivity contribution in [2.75, 3.05) is 9.62 Å². The molecule has 0 saturated carbocycles. The number of aromatic nitrogens is 1. The third-order valence-corrected chi connectivity index (χ3v) is 5.28. The van der Waals surface area contributed by atoms with Crippen molar-refractivity contribution in [3.63, 3.8) is 0 Å². The second-order valence-electron chi connectivity index (χ2n) is 4.56. The number of carbonyl (C=O) groups excluding carboxylic acids is 2. The Morgan fingerprint density at radius 1 is 1.09 bits per heavy atom. The number of carbonyl (C=O) groups is 2. The van der Waals surface area contributed by atoms with Crippen LogP contribution < -0.4 is 9.62 Å². The van der Waals surface area contributed by atoms with Gasteiger partial charge >= 0.3 is 0 Å². The van der Waals surface area contributed by atoms with Crippen LogP contribution in [0, 0.1) is 0 Å². The number of rotatable bonds is 4. The number of nitrogens with one attached hydrogen (secondary N) is 1. The van der Waals surface area contributed by atoms with Crippen LogP contribution in [0.3, 0.4) is 0 Å². The van der Waals surface area contributed by atoms with Gasteiger partial charge in [0.1, 0.15) is 0 Å². The van der Waals surface area contributed by atoms with Gasteiger partial charge in [0.2, 0.25) is 11.8 Å². The monoisotopic (exact) mass is 355 g/mol. The maximum absolute atomic E-state index is 12.2. The van der Waals surface area contributed by atoms with E-state index in [2.05, 4.69) is 9.71 Å². The third-order valence-electron chi connectivity index (χ3n) is 3.11. The molecule has 2 heterocycles. The first kappa shape index (κ1) is 17.1. The van der Waals surface area contributed by atoms with E-state index in [0.29, 0.717) is 5.69 Å². The number of benzene rings is 1. The third kappa shape index (κ3) is 3.38. The topological polar surface area (TPSA) is 128 Å². The highest BCUT2D eigenvalue weighted by atomic mass is 32.2. The molecule has 1 aliphatic rings. The molecular formula is C13H13N3O5S2. The highest BCUT2D eigenvalue weighted by molar-refractivity contribution is 7.93. The largest absolute Gasteiger partial charge is 0.412 e. The van der Waals surface area contributed by atoms with Gasteiger partial charge in [-0.3, -0.25) is 19.2 Å². The molecule has 0 bridgehead atoms. The number of anilines is 2. The zero-order chi connectivity index (χ0) is 15.7. The summed E-state index contributed by atoms with van der Waals surface area (Å²) in [6.45, 7) is 0. The number of thiazole rings is 1. The number of amides is 2. The minimum Gasteiger partial charge on any atom is -0.412 e. The first-order valence-electron chi connectivity index (χ1n) is 6.35. The van der Waals surface area contributed by atoms with Gasteiger partial charge in [0.15, 0.2) is 5.13 Å². The Bertz CT molecular complexity index is 800. The maximum atomic E-state index is 12.2. The van der Waals surface area contributed by atoms with Crippen molar-refractivity contribution in [2.24, 2.45) is 0 Å². The Morgan fingerprint density at radius 3 is 2.22 bits per heavy atom. The molecule has 0 aliphatic carbocycles. The van der Waals surface area contributed by atoms with Gasteiger partial charge in [-0.15, -0.1) is 11.3 Å². The highest BCUT2D eigenvalue weighted by Gasteiger charge is 2.30. The molecule has 1 fully saturated rings. The van der Waals surface area contributed by atoms with Gasteiger partial charge < -0.3 is 5.48 Å². The molecule has 8 nitrogen and oxygen atoms in total. The van der Waals surface area contributed by atoms with Gasteiger partial charge in [0.25, 0.3) is 10.0 Å². The standard InChI is InChI=1S/C13H11N3O4S2.H2O/c17-11-5-6-12(18)16(11)9-1-3-10(4-2-9)22(19,20)15-13-14-7-8-21-13;/h1-4,7-8H,5-6H2,(H,14,15);1H2. The summed E-state index contributed by atoms with van der Waals surface area (Å²) < 4.78 is 26.7. The van der Waals surface area contributed by atoms with Crippen molar-refractivity contribution < 1.29 is 23.5 Å². The molecule has 0 radical (unpaired) electrons. The van der Waals surface area contributed by atoms with E-state index in [0.717, 1.165) is 4.90 Å². The Kier molecular flexibility index (Phi) is 4.78. The van der Waals surface area contributed by atoms with Crippen molar-refractivity contribution in [1.29, 1.82) is 0 Å². The van der Waals surface area contributed by atoms with E-state index in [1.54, 1.807) is 5.38 Å². The maximum Gasteiger partial charge on any atom is 0.263 e. The molecular weight excluding hydrogens is 342 g/mol. The predicted octanol–water partition coefficient (Wildman–Crippen LogP) is 0.773. The zero-order valence-electron chi connectivity index (χ0n) is 11.7. The average Bonchev–Trinajstić information content (AvgIpc) is 3.09. The lowest BCUT2D eigenvalue weighted by Gasteiger charge is -2.14. The highest BCUT2D eigenvalue weighted by Crippen LogP contribution is 2.25. The first-order valence-corrected chi connectivity index (χ1v) is 8.72. The molecule has 23 heavy (non-hydrogen) atoms. The van der Waals surface area contributed by atoms with E-state index < -0.39 is 10.0 Å². The van der Waals surface area contributed by atoms with E-state index in [4.69, 9.17) is 0 Å². The quantitative estimate of drug-likeness (QED) is 0.810. The number of sulfonamides is 1. The van der Waals surface area contributed by atoms with Crippen LogP contribution in [-0.4, -0.2) is 30.7 Å².